The SMILES string of the molecule is Cc1cc(-c2ccccc2)c(C(=O)C(=O)Nc2ccc3c(c2)COCC2CN(c4ncc(F)cn4)CCN32)n1C. The minimum atomic E-state index is -0.696. The monoisotopic (exact) mass is 540 g/mol. The number of carbonyl (C=O) groups excluding carboxylic acids is 2. The first-order chi connectivity index (χ1) is 19.4. The summed E-state index contributed by atoms with van der Waals surface area (Å²) in [6, 6.07) is 17.2. The molecule has 1 amide bonds. The number of ether oxygens (including phenoxy) is 1. The van der Waals surface area contributed by atoms with Gasteiger partial charge in [0.1, 0.15) is 5.69 Å². The molecular weight excluding hydrogens is 511 g/mol. The summed E-state index contributed by atoms with van der Waals surface area (Å²) in [6.07, 6.45) is 2.35. The van der Waals surface area contributed by atoms with Crippen molar-refractivity contribution in [1.82, 2.24) is 14.5 Å². The third-order valence-electron chi connectivity index (χ3n) is 7.57. The van der Waals surface area contributed by atoms with Crippen LogP contribution in [0.5, 0.6) is 0 Å². The molecular formula is C30H29FN6O3. The first-order valence-corrected chi connectivity index (χ1v) is 13.2. The van der Waals surface area contributed by atoms with Crippen molar-refractivity contribution in [2.45, 2.75) is 19.6 Å². The number of piperazine rings is 1. The van der Waals surface area contributed by atoms with E-state index >= 15 is 0 Å². The van der Waals surface area contributed by atoms with E-state index in [1.54, 1.807) is 11.6 Å². The van der Waals surface area contributed by atoms with Gasteiger partial charge in [-0.25, -0.2) is 14.4 Å². The molecule has 2 aromatic carbocycles. The first kappa shape index (κ1) is 25.7. The van der Waals surface area contributed by atoms with Gasteiger partial charge in [-0.05, 0) is 36.8 Å². The summed E-state index contributed by atoms with van der Waals surface area (Å²) in [4.78, 5) is 39.1. The number of nitrogens with one attached hydrogen (secondary N) is 1. The minimum Gasteiger partial charge on any atom is -0.374 e. The van der Waals surface area contributed by atoms with Crippen molar-refractivity contribution in [3.05, 3.63) is 89.8 Å². The number of aryl methyl sites for hydroxylation is 1. The maximum atomic E-state index is 13.4. The van der Waals surface area contributed by atoms with Crippen LogP contribution < -0.4 is 15.1 Å². The van der Waals surface area contributed by atoms with Crippen LogP contribution in [0.1, 0.15) is 21.7 Å². The number of nitrogens with zero attached hydrogens (tertiary/aromatic N) is 5. The third-order valence-corrected chi connectivity index (χ3v) is 7.57. The molecule has 1 atom stereocenters. The van der Waals surface area contributed by atoms with Gasteiger partial charge in [0.05, 0.1) is 31.6 Å². The van der Waals surface area contributed by atoms with Gasteiger partial charge < -0.3 is 24.4 Å². The van der Waals surface area contributed by atoms with E-state index in [4.69, 9.17) is 4.74 Å². The molecule has 40 heavy (non-hydrogen) atoms. The van der Waals surface area contributed by atoms with Crippen molar-refractivity contribution >= 4 is 29.0 Å². The number of fused-ring (bicyclic) bond motifs is 3. The Bertz CT molecular complexity index is 1570. The van der Waals surface area contributed by atoms with Crippen LogP contribution in [0.25, 0.3) is 11.1 Å². The second-order valence-electron chi connectivity index (χ2n) is 10.1. The largest absolute Gasteiger partial charge is 0.374 e. The van der Waals surface area contributed by atoms with Gasteiger partial charge in [0, 0.05) is 54.9 Å². The molecule has 10 heteroatoms. The lowest BCUT2D eigenvalue weighted by Gasteiger charge is -2.42. The van der Waals surface area contributed by atoms with Crippen molar-refractivity contribution in [2.75, 3.05) is 41.4 Å². The summed E-state index contributed by atoms with van der Waals surface area (Å²) < 4.78 is 21.0. The normalized spacial score (nSPS) is 16.6. The molecule has 6 rings (SSSR count). The highest BCUT2D eigenvalue weighted by atomic mass is 19.1. The summed E-state index contributed by atoms with van der Waals surface area (Å²) >= 11 is 0. The lowest BCUT2D eigenvalue weighted by Crippen LogP contribution is -2.55. The predicted octanol–water partition coefficient (Wildman–Crippen LogP) is 3.98. The Hall–Kier alpha value is -4.57. The molecule has 0 radical (unpaired) electrons. The molecule has 2 aliphatic heterocycles. The fraction of sp³-hybridized carbons (Fsp3) is 0.267. The van der Waals surface area contributed by atoms with Gasteiger partial charge >= 0.3 is 0 Å². The molecule has 2 aromatic heterocycles. The zero-order valence-electron chi connectivity index (χ0n) is 22.3. The number of hydrogen-bond donors (Lipinski definition) is 1. The summed E-state index contributed by atoms with van der Waals surface area (Å²) in [5.74, 6) is -1.26. The number of halogens is 1. The maximum absolute atomic E-state index is 13.4. The van der Waals surface area contributed by atoms with Crippen LogP contribution in [-0.4, -0.2) is 58.5 Å². The Morgan fingerprint density at radius 2 is 1.82 bits per heavy atom. The minimum absolute atomic E-state index is 0.0580. The Kier molecular flexibility index (Phi) is 6.77. The van der Waals surface area contributed by atoms with Crippen LogP contribution in [0.4, 0.5) is 21.7 Å². The molecule has 0 saturated carbocycles. The molecule has 2 aliphatic rings. The lowest BCUT2D eigenvalue weighted by molar-refractivity contribution is -0.112. The lowest BCUT2D eigenvalue weighted by atomic mass is 10.0. The van der Waals surface area contributed by atoms with E-state index in [0.717, 1.165) is 28.1 Å². The Labute approximate surface area is 231 Å². The molecule has 1 saturated heterocycles. The van der Waals surface area contributed by atoms with Crippen LogP contribution in [0, 0.1) is 12.7 Å². The number of hydrogen-bond acceptors (Lipinski definition) is 7. The van der Waals surface area contributed by atoms with Crippen LogP contribution in [0.3, 0.4) is 0 Å². The average Bonchev–Trinajstić information content (AvgIpc) is 3.15. The summed E-state index contributed by atoms with van der Waals surface area (Å²) in [7, 11) is 1.79. The molecule has 0 spiro atoms. The number of ketones is 1. The number of rotatable bonds is 5. The topological polar surface area (TPSA) is 92.6 Å². The molecule has 204 valence electrons. The maximum Gasteiger partial charge on any atom is 0.298 e. The van der Waals surface area contributed by atoms with Crippen molar-refractivity contribution in [2.24, 2.45) is 7.05 Å². The van der Waals surface area contributed by atoms with Gasteiger partial charge in [-0.15, -0.1) is 0 Å². The fourth-order valence-electron chi connectivity index (χ4n) is 5.47. The van der Waals surface area contributed by atoms with E-state index in [9.17, 15) is 14.0 Å². The summed E-state index contributed by atoms with van der Waals surface area (Å²) in [5.41, 5.74) is 5.33. The van der Waals surface area contributed by atoms with Gasteiger partial charge in [-0.1, -0.05) is 30.3 Å². The smallest absolute Gasteiger partial charge is 0.298 e. The molecule has 9 nitrogen and oxygen atoms in total. The van der Waals surface area contributed by atoms with Gasteiger partial charge in [0.15, 0.2) is 5.82 Å². The Balaban J connectivity index is 1.19. The molecule has 1 fully saturated rings. The second-order valence-corrected chi connectivity index (χ2v) is 10.1. The van der Waals surface area contributed by atoms with Crippen LogP contribution in [0.15, 0.2) is 67.0 Å². The van der Waals surface area contributed by atoms with E-state index in [1.165, 1.54) is 12.4 Å². The zero-order valence-corrected chi connectivity index (χ0v) is 22.3. The van der Waals surface area contributed by atoms with Gasteiger partial charge in [-0.3, -0.25) is 9.59 Å². The summed E-state index contributed by atoms with van der Waals surface area (Å²) in [6.45, 7) is 4.81. The molecule has 4 heterocycles. The van der Waals surface area contributed by atoms with E-state index < -0.39 is 17.5 Å². The van der Waals surface area contributed by atoms with Gasteiger partial charge in [0.25, 0.3) is 11.7 Å². The summed E-state index contributed by atoms with van der Waals surface area (Å²) in [5, 5.41) is 2.80. The quantitative estimate of drug-likeness (QED) is 0.302. The molecule has 1 unspecified atom stereocenters. The Morgan fingerprint density at radius 3 is 2.60 bits per heavy atom. The average molecular weight is 541 g/mol. The highest BCUT2D eigenvalue weighted by molar-refractivity contribution is 6.47. The number of Topliss-reactive ketones (excluding diaryl/α,β-unsaturated/α-hetero) is 1. The molecule has 4 aromatic rings. The standard InChI is InChI=1S/C30H29FN6O3/c1-19-12-25(20-6-4-3-5-7-20)27(35(19)2)28(38)29(39)34-23-8-9-26-21(13-23)17-40-18-24-16-36(10-11-37(24)26)30-32-14-22(31)15-33-30/h3-9,12-15,24H,10-11,16-18H2,1-2H3,(H,34,39). The first-order valence-electron chi connectivity index (χ1n) is 13.2. The van der Waals surface area contributed by atoms with Crippen molar-refractivity contribution in [3.63, 3.8) is 0 Å². The van der Waals surface area contributed by atoms with Crippen molar-refractivity contribution in [1.29, 1.82) is 0 Å². The van der Waals surface area contributed by atoms with Crippen LogP contribution in [0.2, 0.25) is 0 Å². The molecule has 0 aliphatic carbocycles. The van der Waals surface area contributed by atoms with Crippen LogP contribution >= 0.6 is 0 Å². The second kappa shape index (κ2) is 10.5. The molecule has 0 bridgehead atoms. The zero-order chi connectivity index (χ0) is 27.8. The number of amides is 1. The van der Waals surface area contributed by atoms with Crippen LogP contribution in [-0.2, 0) is 23.2 Å². The van der Waals surface area contributed by atoms with Gasteiger partial charge in [0.2, 0.25) is 5.95 Å². The third kappa shape index (κ3) is 4.82. The Morgan fingerprint density at radius 1 is 1.05 bits per heavy atom. The van der Waals surface area contributed by atoms with E-state index in [0.29, 0.717) is 50.2 Å². The number of carbonyl (C=O) groups is 2. The van der Waals surface area contributed by atoms with E-state index in [-0.39, 0.29) is 6.04 Å². The van der Waals surface area contributed by atoms with Gasteiger partial charge in [-0.2, -0.15) is 0 Å². The number of anilines is 3. The highest BCUT2D eigenvalue weighted by Crippen LogP contribution is 2.32. The predicted molar refractivity (Wildman–Crippen MR) is 150 cm³/mol. The molecule has 1 N–H and O–H groups in total. The number of benzene rings is 2. The van der Waals surface area contributed by atoms with Crippen molar-refractivity contribution < 1.29 is 18.7 Å². The highest BCUT2D eigenvalue weighted by Gasteiger charge is 2.32. The van der Waals surface area contributed by atoms with Crippen molar-refractivity contribution in [3.8, 4) is 11.1 Å². The van der Waals surface area contributed by atoms with E-state index in [2.05, 4.69) is 20.2 Å². The fourth-order valence-corrected chi connectivity index (χ4v) is 5.47. The number of aromatic nitrogens is 3. The van der Waals surface area contributed by atoms with E-state index in [1.807, 2.05) is 66.4 Å².